The Hall–Kier alpha value is -0.650. The zero-order valence-corrected chi connectivity index (χ0v) is 12.0. The third-order valence-electron chi connectivity index (χ3n) is 4.13. The molecule has 0 radical (unpaired) electrons. The average molecular weight is 269 g/mol. The van der Waals surface area contributed by atoms with Crippen molar-refractivity contribution in [2.75, 3.05) is 45.9 Å². The molecule has 0 aliphatic carbocycles. The van der Waals surface area contributed by atoms with Gasteiger partial charge in [0.15, 0.2) is 0 Å². The molecule has 0 saturated carbocycles. The zero-order chi connectivity index (χ0) is 13.5. The first-order valence-electron chi connectivity index (χ1n) is 7.59. The molecule has 1 atom stereocenters. The molecule has 110 valence electrons. The van der Waals surface area contributed by atoms with Crippen LogP contribution in [0.25, 0.3) is 0 Å². The lowest BCUT2D eigenvalue weighted by Gasteiger charge is -2.32. The van der Waals surface area contributed by atoms with Gasteiger partial charge in [0.25, 0.3) is 0 Å². The summed E-state index contributed by atoms with van der Waals surface area (Å²) in [6.07, 6.45) is 3.07. The number of nitrogens with zero attached hydrogens (tertiary/aromatic N) is 1. The Bertz CT molecular complexity index is 280. The van der Waals surface area contributed by atoms with E-state index in [9.17, 15) is 4.79 Å². The van der Waals surface area contributed by atoms with Gasteiger partial charge in [-0.25, -0.2) is 0 Å². The van der Waals surface area contributed by atoms with Gasteiger partial charge in [-0.15, -0.1) is 0 Å². The summed E-state index contributed by atoms with van der Waals surface area (Å²) in [6.45, 7) is 8.70. The molecule has 1 unspecified atom stereocenters. The second-order valence-electron chi connectivity index (χ2n) is 5.59. The molecular formula is C14H27N3O2. The Kier molecular flexibility index (Phi) is 6.07. The van der Waals surface area contributed by atoms with Crippen molar-refractivity contribution in [3.8, 4) is 0 Å². The van der Waals surface area contributed by atoms with Gasteiger partial charge in [-0.2, -0.15) is 0 Å². The average Bonchev–Trinajstić information content (AvgIpc) is 2.46. The zero-order valence-electron chi connectivity index (χ0n) is 12.0. The van der Waals surface area contributed by atoms with Gasteiger partial charge in [-0.05, 0) is 38.4 Å². The Morgan fingerprint density at radius 2 is 2.21 bits per heavy atom. The maximum atomic E-state index is 11.9. The molecule has 2 saturated heterocycles. The molecule has 2 heterocycles. The topological polar surface area (TPSA) is 53.6 Å². The van der Waals surface area contributed by atoms with Crippen LogP contribution in [0.2, 0.25) is 0 Å². The number of hydrogen-bond acceptors (Lipinski definition) is 4. The number of hydrogen-bond donors (Lipinski definition) is 2. The van der Waals surface area contributed by atoms with E-state index in [1.165, 1.54) is 0 Å². The molecule has 2 aliphatic rings. The summed E-state index contributed by atoms with van der Waals surface area (Å²) < 4.78 is 5.68. The molecule has 2 fully saturated rings. The summed E-state index contributed by atoms with van der Waals surface area (Å²) in [5.41, 5.74) is 0. The van der Waals surface area contributed by atoms with Crippen LogP contribution < -0.4 is 10.6 Å². The fraction of sp³-hybridized carbons (Fsp3) is 0.929. The maximum absolute atomic E-state index is 11.9. The van der Waals surface area contributed by atoms with Crippen molar-refractivity contribution in [1.29, 1.82) is 0 Å². The Labute approximate surface area is 116 Å². The largest absolute Gasteiger partial charge is 0.374 e. The highest BCUT2D eigenvalue weighted by Gasteiger charge is 2.21. The molecule has 2 aliphatic heterocycles. The lowest BCUT2D eigenvalue weighted by atomic mass is 9.94. The second kappa shape index (κ2) is 7.82. The minimum atomic E-state index is 0.158. The first-order chi connectivity index (χ1) is 9.28. The van der Waals surface area contributed by atoms with Crippen molar-refractivity contribution in [1.82, 2.24) is 15.5 Å². The van der Waals surface area contributed by atoms with E-state index in [1.54, 1.807) is 0 Å². The molecular weight excluding hydrogens is 242 g/mol. The van der Waals surface area contributed by atoms with Crippen LogP contribution in [-0.4, -0.2) is 62.8 Å². The summed E-state index contributed by atoms with van der Waals surface area (Å²) in [4.78, 5) is 14.3. The summed E-state index contributed by atoms with van der Waals surface area (Å²) in [5.74, 6) is 0.741. The Morgan fingerprint density at radius 1 is 1.42 bits per heavy atom. The number of likely N-dealkylation sites (N-methyl/N-ethyl adjacent to an activating group) is 1. The number of ether oxygens (including phenoxy) is 1. The molecule has 0 aromatic rings. The van der Waals surface area contributed by atoms with Gasteiger partial charge in [0.1, 0.15) is 0 Å². The van der Waals surface area contributed by atoms with Crippen molar-refractivity contribution in [2.45, 2.75) is 32.3 Å². The van der Waals surface area contributed by atoms with Crippen molar-refractivity contribution in [3.05, 3.63) is 0 Å². The molecule has 0 aromatic carbocycles. The monoisotopic (exact) mass is 269 g/mol. The lowest BCUT2D eigenvalue weighted by Crippen LogP contribution is -2.47. The highest BCUT2D eigenvalue weighted by molar-refractivity contribution is 5.76. The fourth-order valence-electron chi connectivity index (χ4n) is 2.84. The molecule has 0 aromatic heterocycles. The molecule has 5 nitrogen and oxygen atoms in total. The second-order valence-corrected chi connectivity index (χ2v) is 5.59. The third-order valence-corrected chi connectivity index (χ3v) is 4.13. The van der Waals surface area contributed by atoms with Crippen molar-refractivity contribution in [3.63, 3.8) is 0 Å². The first-order valence-corrected chi connectivity index (χ1v) is 7.59. The van der Waals surface area contributed by atoms with E-state index in [-0.39, 0.29) is 12.0 Å². The third kappa shape index (κ3) is 5.09. The number of rotatable bonds is 5. The summed E-state index contributed by atoms with van der Waals surface area (Å²) in [5, 5.41) is 6.36. The van der Waals surface area contributed by atoms with Crippen LogP contribution in [0.1, 0.15) is 26.2 Å². The van der Waals surface area contributed by atoms with Gasteiger partial charge in [-0.1, -0.05) is 6.92 Å². The molecule has 19 heavy (non-hydrogen) atoms. The summed E-state index contributed by atoms with van der Waals surface area (Å²) in [6, 6.07) is 0. The molecule has 5 heteroatoms. The number of morpholine rings is 1. The van der Waals surface area contributed by atoms with Crippen LogP contribution in [0.15, 0.2) is 0 Å². The van der Waals surface area contributed by atoms with E-state index >= 15 is 0 Å². The van der Waals surface area contributed by atoms with Crippen LogP contribution >= 0.6 is 0 Å². The minimum absolute atomic E-state index is 0.158. The van der Waals surface area contributed by atoms with Crippen LogP contribution in [0.5, 0.6) is 0 Å². The highest BCUT2D eigenvalue weighted by Crippen LogP contribution is 2.15. The van der Waals surface area contributed by atoms with E-state index in [4.69, 9.17) is 4.74 Å². The van der Waals surface area contributed by atoms with Crippen molar-refractivity contribution < 1.29 is 9.53 Å². The van der Waals surface area contributed by atoms with Crippen molar-refractivity contribution >= 4 is 5.91 Å². The molecule has 2 rings (SSSR count). The maximum Gasteiger partial charge on any atom is 0.220 e. The van der Waals surface area contributed by atoms with Gasteiger partial charge >= 0.3 is 0 Å². The molecule has 0 spiro atoms. The van der Waals surface area contributed by atoms with Gasteiger partial charge in [0, 0.05) is 26.1 Å². The Morgan fingerprint density at radius 3 is 2.95 bits per heavy atom. The predicted octanol–water partition coefficient (Wildman–Crippen LogP) is 0.213. The van der Waals surface area contributed by atoms with Crippen molar-refractivity contribution in [2.24, 2.45) is 5.92 Å². The number of amides is 1. The van der Waals surface area contributed by atoms with Gasteiger partial charge in [-0.3, -0.25) is 9.69 Å². The number of piperidine rings is 1. The quantitative estimate of drug-likeness (QED) is 0.749. The molecule has 2 N–H and O–H groups in total. The fourth-order valence-corrected chi connectivity index (χ4v) is 2.84. The van der Waals surface area contributed by atoms with Crippen LogP contribution in [0.4, 0.5) is 0 Å². The van der Waals surface area contributed by atoms with E-state index in [0.717, 1.165) is 52.2 Å². The summed E-state index contributed by atoms with van der Waals surface area (Å²) in [7, 11) is 0. The van der Waals surface area contributed by atoms with Crippen LogP contribution in [0, 0.1) is 5.92 Å². The van der Waals surface area contributed by atoms with E-state index < -0.39 is 0 Å². The van der Waals surface area contributed by atoms with Crippen LogP contribution in [-0.2, 0) is 9.53 Å². The summed E-state index contributed by atoms with van der Waals surface area (Å²) >= 11 is 0. The standard InChI is InChI=1S/C14H27N3O2/c1-2-17-7-8-19-13(11-17)10-16-14(18)9-12-3-5-15-6-4-12/h12-13,15H,2-11H2,1H3,(H,16,18). The van der Waals surface area contributed by atoms with E-state index in [1.807, 2.05) is 0 Å². The number of carbonyl (C=O) groups is 1. The number of carbonyl (C=O) groups excluding carboxylic acids is 1. The smallest absolute Gasteiger partial charge is 0.220 e. The lowest BCUT2D eigenvalue weighted by molar-refractivity contribution is -0.123. The SMILES string of the molecule is CCN1CCOC(CNC(=O)CC2CCNCC2)C1. The Balaban J connectivity index is 1.62. The van der Waals surface area contributed by atoms with Crippen LogP contribution in [0.3, 0.4) is 0 Å². The highest BCUT2D eigenvalue weighted by atomic mass is 16.5. The van der Waals surface area contributed by atoms with Gasteiger partial charge in [0.2, 0.25) is 5.91 Å². The minimum Gasteiger partial charge on any atom is -0.374 e. The predicted molar refractivity (Wildman–Crippen MR) is 75.1 cm³/mol. The van der Waals surface area contributed by atoms with Gasteiger partial charge < -0.3 is 15.4 Å². The first kappa shape index (κ1) is 14.8. The van der Waals surface area contributed by atoms with E-state index in [2.05, 4.69) is 22.5 Å². The molecule has 0 bridgehead atoms. The molecule has 1 amide bonds. The normalized spacial score (nSPS) is 26.3. The number of nitrogens with one attached hydrogen (secondary N) is 2. The van der Waals surface area contributed by atoms with E-state index in [0.29, 0.717) is 18.9 Å². The van der Waals surface area contributed by atoms with Gasteiger partial charge in [0.05, 0.1) is 12.7 Å².